The number of aliphatic hydroxyl groups is 1. The number of aliphatic hydroxyl groups excluding tert-OH is 1. The molecule has 138 valence electrons. The van der Waals surface area contributed by atoms with E-state index in [1.165, 1.54) is 0 Å². The maximum atomic E-state index is 11.5. The third kappa shape index (κ3) is 9.71. The van der Waals surface area contributed by atoms with Crippen LogP contribution in [0.3, 0.4) is 0 Å². The van der Waals surface area contributed by atoms with Crippen molar-refractivity contribution in [1.82, 2.24) is 0 Å². The molecule has 11 nitrogen and oxygen atoms in total. The summed E-state index contributed by atoms with van der Waals surface area (Å²) in [7, 11) is 0. The maximum Gasteiger partial charge on any atom is 0.320 e. The second kappa shape index (κ2) is 11.3. The zero-order valence-electron chi connectivity index (χ0n) is 12.9. The molecule has 0 fully saturated rings. The fraction of sp³-hybridized carbons (Fsp3) is 0.692. The van der Waals surface area contributed by atoms with E-state index in [1.807, 2.05) is 0 Å². The first kappa shape index (κ1) is 21.8. The van der Waals surface area contributed by atoms with Crippen molar-refractivity contribution in [3.63, 3.8) is 0 Å². The Balaban J connectivity index is 4.09. The van der Waals surface area contributed by atoms with Crippen molar-refractivity contribution in [3.05, 3.63) is 0 Å². The summed E-state index contributed by atoms with van der Waals surface area (Å²) in [5.41, 5.74) is 10.5. The van der Waals surface area contributed by atoms with Gasteiger partial charge < -0.3 is 36.3 Å². The highest BCUT2D eigenvalue weighted by Gasteiger charge is 2.19. The lowest BCUT2D eigenvalue weighted by Gasteiger charge is -2.16. The first-order valence-corrected chi connectivity index (χ1v) is 7.10. The second-order valence-corrected chi connectivity index (χ2v) is 4.94. The molecule has 3 atom stereocenters. The fourth-order valence-corrected chi connectivity index (χ4v) is 1.42. The van der Waals surface area contributed by atoms with Crippen molar-refractivity contribution in [1.29, 1.82) is 0 Å². The topological polar surface area (TPSA) is 199 Å². The standard InChI is InChI=1S/C13H22N2O9/c14-8(12(19)20)1-3-10(17)23-6-7(5-16)24-11(18)4-2-9(15)13(21)22/h7-9,16H,1-6,14-15H2,(H,19,20)(H,21,22)/t7?,8-,9-/m0/s1. The molecule has 0 saturated carbocycles. The molecule has 0 rings (SSSR count). The molecule has 0 spiro atoms. The molecule has 0 aromatic carbocycles. The van der Waals surface area contributed by atoms with Gasteiger partial charge >= 0.3 is 23.9 Å². The van der Waals surface area contributed by atoms with Crippen molar-refractivity contribution < 1.29 is 44.0 Å². The predicted octanol–water partition coefficient (Wildman–Crippen LogP) is -2.18. The quantitative estimate of drug-likeness (QED) is 0.239. The number of carbonyl (C=O) groups is 4. The van der Waals surface area contributed by atoms with E-state index in [0.29, 0.717) is 0 Å². The summed E-state index contributed by atoms with van der Waals surface area (Å²) in [6.45, 7) is -1.03. The molecule has 0 radical (unpaired) electrons. The van der Waals surface area contributed by atoms with E-state index in [9.17, 15) is 19.2 Å². The van der Waals surface area contributed by atoms with Gasteiger partial charge in [-0.25, -0.2) is 0 Å². The van der Waals surface area contributed by atoms with Crippen LogP contribution >= 0.6 is 0 Å². The zero-order chi connectivity index (χ0) is 18.7. The van der Waals surface area contributed by atoms with Gasteiger partial charge in [0.2, 0.25) is 0 Å². The van der Waals surface area contributed by atoms with Crippen LogP contribution in [0.5, 0.6) is 0 Å². The molecule has 0 aliphatic carbocycles. The number of nitrogens with two attached hydrogens (primary N) is 2. The molecule has 0 aromatic rings. The zero-order valence-corrected chi connectivity index (χ0v) is 12.9. The van der Waals surface area contributed by atoms with Gasteiger partial charge in [-0.2, -0.15) is 0 Å². The molecular weight excluding hydrogens is 328 g/mol. The number of carbonyl (C=O) groups excluding carboxylic acids is 2. The summed E-state index contributed by atoms with van der Waals surface area (Å²) < 4.78 is 9.56. The minimum absolute atomic E-state index is 0.120. The van der Waals surface area contributed by atoms with E-state index in [2.05, 4.69) is 0 Å². The molecular formula is C13H22N2O9. The summed E-state index contributed by atoms with van der Waals surface area (Å²) >= 11 is 0. The normalized spacial score (nSPS) is 14.3. The number of hydrogen-bond donors (Lipinski definition) is 5. The van der Waals surface area contributed by atoms with Gasteiger partial charge in [0.1, 0.15) is 18.7 Å². The Bertz CT molecular complexity index is 455. The van der Waals surface area contributed by atoms with E-state index in [0.717, 1.165) is 0 Å². The molecule has 0 aromatic heterocycles. The lowest BCUT2D eigenvalue weighted by atomic mass is 10.2. The van der Waals surface area contributed by atoms with Gasteiger partial charge in [0, 0.05) is 12.8 Å². The summed E-state index contributed by atoms with van der Waals surface area (Å²) in [5.74, 6) is -4.05. The van der Waals surface area contributed by atoms with Crippen molar-refractivity contribution >= 4 is 23.9 Å². The highest BCUT2D eigenvalue weighted by Crippen LogP contribution is 2.03. The van der Waals surface area contributed by atoms with Crippen LogP contribution in [0.25, 0.3) is 0 Å². The van der Waals surface area contributed by atoms with Crippen molar-refractivity contribution in [2.45, 2.75) is 43.9 Å². The van der Waals surface area contributed by atoms with Crippen LogP contribution in [0, 0.1) is 0 Å². The van der Waals surface area contributed by atoms with Crippen LogP contribution in [0.1, 0.15) is 25.7 Å². The molecule has 0 heterocycles. The van der Waals surface area contributed by atoms with Crippen molar-refractivity contribution in [2.75, 3.05) is 13.2 Å². The van der Waals surface area contributed by atoms with Gasteiger partial charge in [-0.1, -0.05) is 0 Å². The molecule has 24 heavy (non-hydrogen) atoms. The largest absolute Gasteiger partial charge is 0.480 e. The second-order valence-electron chi connectivity index (χ2n) is 4.94. The van der Waals surface area contributed by atoms with Gasteiger partial charge in [0.05, 0.1) is 6.61 Å². The average molecular weight is 350 g/mol. The maximum absolute atomic E-state index is 11.5. The predicted molar refractivity (Wildman–Crippen MR) is 77.6 cm³/mol. The van der Waals surface area contributed by atoms with Crippen molar-refractivity contribution in [2.24, 2.45) is 11.5 Å². The molecule has 0 amide bonds. The molecule has 0 saturated heterocycles. The summed E-state index contributed by atoms with van der Waals surface area (Å²) in [6.07, 6.45) is -1.89. The number of hydrogen-bond acceptors (Lipinski definition) is 9. The lowest BCUT2D eigenvalue weighted by molar-refractivity contribution is -0.161. The highest BCUT2D eigenvalue weighted by molar-refractivity contribution is 5.76. The Morgan fingerprint density at radius 3 is 1.75 bits per heavy atom. The van der Waals surface area contributed by atoms with Gasteiger partial charge in [-0.3, -0.25) is 19.2 Å². The molecule has 1 unspecified atom stereocenters. The Morgan fingerprint density at radius 2 is 1.33 bits per heavy atom. The van der Waals surface area contributed by atoms with E-state index < -0.39 is 55.3 Å². The van der Waals surface area contributed by atoms with Crippen LogP contribution < -0.4 is 11.5 Å². The van der Waals surface area contributed by atoms with Gasteiger partial charge in [-0.05, 0) is 12.8 Å². The third-order valence-corrected chi connectivity index (χ3v) is 2.89. The SMILES string of the molecule is N[C@@H](CCC(=O)OCC(CO)OC(=O)CC[C@H](N)C(=O)O)C(=O)O. The molecule has 11 heteroatoms. The smallest absolute Gasteiger partial charge is 0.320 e. The molecule has 0 bridgehead atoms. The van der Waals surface area contributed by atoms with E-state index in [-0.39, 0.29) is 25.7 Å². The van der Waals surface area contributed by atoms with Gasteiger partial charge in [-0.15, -0.1) is 0 Å². The van der Waals surface area contributed by atoms with Crippen LogP contribution in [0.4, 0.5) is 0 Å². The highest BCUT2D eigenvalue weighted by atomic mass is 16.6. The molecule has 7 N–H and O–H groups in total. The number of rotatable bonds is 12. The van der Waals surface area contributed by atoms with E-state index in [1.54, 1.807) is 0 Å². The Morgan fingerprint density at radius 1 is 0.875 bits per heavy atom. The Hall–Kier alpha value is -2.24. The van der Waals surface area contributed by atoms with Crippen LogP contribution in [0.2, 0.25) is 0 Å². The first-order chi connectivity index (χ1) is 11.2. The monoisotopic (exact) mass is 350 g/mol. The molecule has 0 aliphatic heterocycles. The van der Waals surface area contributed by atoms with Crippen LogP contribution in [-0.2, 0) is 28.7 Å². The van der Waals surface area contributed by atoms with Crippen LogP contribution in [-0.4, -0.2) is 70.6 Å². The Labute approximate surface area is 137 Å². The number of carboxylic acids is 2. The summed E-state index contributed by atoms with van der Waals surface area (Å²) in [6, 6.07) is -2.40. The number of carboxylic acid groups (broad SMARTS) is 2. The Kier molecular flexibility index (Phi) is 10.3. The van der Waals surface area contributed by atoms with Gasteiger partial charge in [0.15, 0.2) is 6.10 Å². The van der Waals surface area contributed by atoms with Crippen LogP contribution in [0.15, 0.2) is 0 Å². The minimum atomic E-state index is -1.25. The fourth-order valence-electron chi connectivity index (χ4n) is 1.42. The lowest BCUT2D eigenvalue weighted by Crippen LogP contribution is -2.33. The summed E-state index contributed by atoms with van der Waals surface area (Å²) in [4.78, 5) is 43.8. The van der Waals surface area contributed by atoms with Crippen molar-refractivity contribution in [3.8, 4) is 0 Å². The molecule has 0 aliphatic rings. The van der Waals surface area contributed by atoms with E-state index in [4.69, 9.17) is 36.3 Å². The minimum Gasteiger partial charge on any atom is -0.480 e. The first-order valence-electron chi connectivity index (χ1n) is 7.10. The number of ether oxygens (including phenoxy) is 2. The number of esters is 2. The number of aliphatic carboxylic acids is 2. The van der Waals surface area contributed by atoms with Gasteiger partial charge in [0.25, 0.3) is 0 Å². The average Bonchev–Trinajstić information content (AvgIpc) is 2.53. The third-order valence-electron chi connectivity index (χ3n) is 2.89. The summed E-state index contributed by atoms with van der Waals surface area (Å²) in [5, 5.41) is 26.2. The van der Waals surface area contributed by atoms with E-state index >= 15 is 0 Å².